The van der Waals surface area contributed by atoms with Gasteiger partial charge in [-0.1, -0.05) is 0 Å². The van der Waals surface area contributed by atoms with E-state index in [4.69, 9.17) is 15.0 Å². The van der Waals surface area contributed by atoms with Gasteiger partial charge in [-0.2, -0.15) is 0 Å². The fourth-order valence-corrected chi connectivity index (χ4v) is 0. The van der Waals surface area contributed by atoms with Gasteiger partial charge in [0.05, 0.1) is 0 Å². The fourth-order valence-electron chi connectivity index (χ4n) is 0. The van der Waals surface area contributed by atoms with E-state index in [-0.39, 0.29) is 0 Å². The predicted octanol–water partition coefficient (Wildman–Crippen LogP) is -0.371. The van der Waals surface area contributed by atoms with Crippen molar-refractivity contribution in [2.24, 2.45) is 3.68 Å². The Kier molecular flexibility index (Phi) is 14.1. The molecule has 0 fully saturated rings. The first-order valence-corrected chi connectivity index (χ1v) is 2.36. The summed E-state index contributed by atoms with van der Waals surface area (Å²) in [6.45, 7) is 0. The molecule has 0 unspecified atom stereocenters. The summed E-state index contributed by atoms with van der Waals surface area (Å²) >= 11 is 1.05. The van der Waals surface area contributed by atoms with Crippen LogP contribution in [0.5, 0.6) is 0 Å². The standard InChI is InChI=1S/CH2O3.H2N.Zr/c2-1(3)4;;/h(H2,2,3,4);1H2;/q;-1;+1. The summed E-state index contributed by atoms with van der Waals surface area (Å²) in [6.07, 6.45) is -1.83. The van der Waals surface area contributed by atoms with Crippen LogP contribution < -0.4 is 3.68 Å². The summed E-state index contributed by atoms with van der Waals surface area (Å²) in [6, 6.07) is 0. The third-order valence-corrected chi connectivity index (χ3v) is 0. The molecule has 0 bridgehead atoms. The Labute approximate surface area is 50.2 Å². The van der Waals surface area contributed by atoms with Gasteiger partial charge in [0.2, 0.25) is 0 Å². The van der Waals surface area contributed by atoms with Gasteiger partial charge in [-0.15, -0.1) is 0 Å². The molecule has 0 radical (unpaired) electrons. The molecule has 0 aromatic heterocycles. The van der Waals surface area contributed by atoms with Crippen molar-refractivity contribution in [2.75, 3.05) is 0 Å². The molecule has 0 aliphatic carbocycles. The van der Waals surface area contributed by atoms with Crippen LogP contribution in [0.2, 0.25) is 0 Å². The van der Waals surface area contributed by atoms with Gasteiger partial charge >= 0.3 is 34.8 Å². The van der Waals surface area contributed by atoms with Crippen molar-refractivity contribution >= 4 is 6.16 Å². The van der Waals surface area contributed by atoms with E-state index in [0.29, 0.717) is 0 Å². The third-order valence-electron chi connectivity index (χ3n) is 0. The Morgan fingerprint density at radius 1 is 1.50 bits per heavy atom. The topological polar surface area (TPSA) is 83.5 Å². The van der Waals surface area contributed by atoms with Crippen LogP contribution in [-0.4, -0.2) is 16.4 Å². The van der Waals surface area contributed by atoms with E-state index in [1.54, 1.807) is 0 Å². The van der Waals surface area contributed by atoms with Gasteiger partial charge in [0.1, 0.15) is 0 Å². The molecule has 0 saturated heterocycles. The molecular weight excluding hydrogens is 165 g/mol. The summed E-state index contributed by atoms with van der Waals surface area (Å²) in [5.41, 5.74) is 0. The zero-order valence-corrected chi connectivity index (χ0v) is 5.34. The van der Waals surface area contributed by atoms with Crippen LogP contribution in [0.15, 0.2) is 0 Å². The first-order chi connectivity index (χ1) is 2.73. The summed E-state index contributed by atoms with van der Waals surface area (Å²) < 4.78 is 4.59. The molecule has 0 aliphatic rings. The van der Waals surface area contributed by atoms with Crippen LogP contribution in [-0.2, 0) is 25.0 Å². The minimum atomic E-state index is -1.83. The summed E-state index contributed by atoms with van der Waals surface area (Å²) in [5.74, 6) is 0. The van der Waals surface area contributed by atoms with Gasteiger partial charge < -0.3 is 10.2 Å². The molecule has 6 heavy (non-hydrogen) atoms. The average molecular weight is 169 g/mol. The van der Waals surface area contributed by atoms with Gasteiger partial charge in [0.15, 0.2) is 0 Å². The quantitative estimate of drug-likeness (QED) is 0.462. The normalized spacial score (nSPS) is 4.67. The Bertz CT molecular complexity index is 33.8. The number of rotatable bonds is 0. The maximum absolute atomic E-state index is 8.56. The van der Waals surface area contributed by atoms with Crippen LogP contribution in [0.4, 0.5) is 4.79 Å². The van der Waals surface area contributed by atoms with Crippen molar-refractivity contribution in [2.45, 2.75) is 0 Å². The van der Waals surface area contributed by atoms with Crippen molar-refractivity contribution < 1.29 is 40.0 Å². The Morgan fingerprint density at radius 3 is 1.50 bits per heavy atom. The zero-order valence-electron chi connectivity index (χ0n) is 2.88. The van der Waals surface area contributed by atoms with Gasteiger partial charge in [-0.05, 0) is 0 Å². The average Bonchev–Trinajstić information content (AvgIpc) is 1.41. The van der Waals surface area contributed by atoms with Crippen molar-refractivity contribution in [1.82, 2.24) is 0 Å². The van der Waals surface area contributed by atoms with Crippen LogP contribution in [0, 0.1) is 0 Å². The van der Waals surface area contributed by atoms with Crippen molar-refractivity contribution in [1.29, 1.82) is 0 Å². The molecule has 0 heterocycles. The van der Waals surface area contributed by atoms with E-state index in [1.165, 1.54) is 0 Å². The predicted molar refractivity (Wildman–Crippen MR) is 14.8 cm³/mol. The molecule has 0 amide bonds. The molecule has 0 aromatic rings. The van der Waals surface area contributed by atoms with E-state index in [0.717, 1.165) is 25.0 Å². The minimum absolute atomic E-state index is 1.05. The molecule has 4 N–H and O–H groups in total. The van der Waals surface area contributed by atoms with Crippen LogP contribution in [0.3, 0.4) is 0 Å². The van der Waals surface area contributed by atoms with E-state index < -0.39 is 6.16 Å². The maximum atomic E-state index is 8.56. The van der Waals surface area contributed by atoms with E-state index in [2.05, 4.69) is 3.68 Å². The van der Waals surface area contributed by atoms with Crippen molar-refractivity contribution in [3.8, 4) is 0 Å². The molecule has 5 heteroatoms. The number of nitrogens with two attached hydrogens (primary N) is 1. The number of hydrogen-bond acceptors (Lipinski definition) is 2. The molecule has 0 spiro atoms. The van der Waals surface area contributed by atoms with Crippen molar-refractivity contribution in [3.05, 3.63) is 0 Å². The van der Waals surface area contributed by atoms with Crippen LogP contribution in [0.25, 0.3) is 0 Å². The number of carboxylic acid groups (broad SMARTS) is 2. The molecule has 0 saturated carbocycles. The van der Waals surface area contributed by atoms with Gasteiger partial charge in [0.25, 0.3) is 0 Å². The van der Waals surface area contributed by atoms with Crippen LogP contribution in [0.1, 0.15) is 0 Å². The van der Waals surface area contributed by atoms with Crippen molar-refractivity contribution in [3.63, 3.8) is 0 Å². The number of hydrogen-bond donors (Lipinski definition) is 3. The van der Waals surface area contributed by atoms with E-state index in [9.17, 15) is 0 Å². The number of carbonyl (C=O) groups is 1. The zero-order chi connectivity index (χ0) is 5.58. The second kappa shape index (κ2) is 8.93. The van der Waals surface area contributed by atoms with Gasteiger partial charge in [-0.25, -0.2) is 4.79 Å². The fraction of sp³-hybridized carbons (Fsp3) is 0. The molecule has 35 valence electrons. The molecule has 0 rings (SSSR count). The van der Waals surface area contributed by atoms with Gasteiger partial charge in [-0.3, -0.25) is 0 Å². The summed E-state index contributed by atoms with van der Waals surface area (Å²) in [7, 11) is 0. The third kappa shape index (κ3) is 3120. The summed E-state index contributed by atoms with van der Waals surface area (Å²) in [5, 5.41) is 13.9. The molecule has 0 aliphatic heterocycles. The molecule has 0 aromatic carbocycles. The monoisotopic (exact) mass is 168 g/mol. The SMILES string of the molecule is O=C(O)O.[NH2][Zr]. The first kappa shape index (κ1) is 9.45. The Hall–Kier alpha value is 0.113. The molecule has 0 atom stereocenters. The second-order valence-corrected chi connectivity index (χ2v) is 0.283. The molecule has 4 nitrogen and oxygen atoms in total. The Morgan fingerprint density at radius 2 is 1.50 bits per heavy atom. The van der Waals surface area contributed by atoms with E-state index in [1.807, 2.05) is 0 Å². The van der Waals surface area contributed by atoms with Gasteiger partial charge in [0, 0.05) is 0 Å². The summed E-state index contributed by atoms with van der Waals surface area (Å²) in [4.78, 5) is 8.56. The molecular formula is CH4NO3Zr. The van der Waals surface area contributed by atoms with Crippen LogP contribution >= 0.6 is 0 Å². The van der Waals surface area contributed by atoms with E-state index >= 15 is 0 Å². The Balaban J connectivity index is 0. The first-order valence-electron chi connectivity index (χ1n) is 0.940. The second-order valence-electron chi connectivity index (χ2n) is 0.283.